The van der Waals surface area contributed by atoms with E-state index in [1.165, 1.54) is 0 Å². The number of ether oxygens (including phenoxy) is 2. The highest BCUT2D eigenvalue weighted by molar-refractivity contribution is 7.99. The Morgan fingerprint density at radius 3 is 2.53 bits per heavy atom. The summed E-state index contributed by atoms with van der Waals surface area (Å²) < 4.78 is 16.5. The molecule has 1 amide bonds. The molecule has 0 saturated heterocycles. The van der Waals surface area contributed by atoms with Crippen LogP contribution >= 0.6 is 11.8 Å². The summed E-state index contributed by atoms with van der Waals surface area (Å²) in [6.07, 6.45) is -0.220. The summed E-state index contributed by atoms with van der Waals surface area (Å²) in [5, 5.41) is 10.9. The number of hydrogen-bond acceptors (Lipinski definition) is 8. The predicted octanol–water partition coefficient (Wildman–Crippen LogP) is 4.56. The van der Waals surface area contributed by atoms with E-state index >= 15 is 0 Å². The number of carbonyl (C=O) groups is 2. The maximum absolute atomic E-state index is 12.3. The van der Waals surface area contributed by atoms with E-state index in [1.54, 1.807) is 38.1 Å². The van der Waals surface area contributed by atoms with Crippen molar-refractivity contribution >= 4 is 29.3 Å². The summed E-state index contributed by atoms with van der Waals surface area (Å²) in [6.45, 7) is 7.64. The molecule has 0 bridgehead atoms. The number of aryl methyl sites for hydroxylation is 2. The van der Waals surface area contributed by atoms with Crippen molar-refractivity contribution in [2.24, 2.45) is 0 Å². The number of nitrogens with zero attached hydrogens (tertiary/aromatic N) is 2. The third-order valence-electron chi connectivity index (χ3n) is 4.25. The van der Waals surface area contributed by atoms with E-state index in [9.17, 15) is 9.59 Å². The highest BCUT2D eigenvalue weighted by Gasteiger charge is 2.13. The van der Waals surface area contributed by atoms with E-state index in [4.69, 9.17) is 13.9 Å². The summed E-state index contributed by atoms with van der Waals surface area (Å²) in [5.41, 5.74) is 2.92. The Balaban J connectivity index is 1.50. The molecule has 2 aromatic carbocycles. The Morgan fingerprint density at radius 1 is 1.09 bits per heavy atom. The van der Waals surface area contributed by atoms with Crippen molar-refractivity contribution in [2.75, 3.05) is 11.1 Å². The van der Waals surface area contributed by atoms with Crippen LogP contribution in [0.5, 0.6) is 5.75 Å². The molecular weight excluding hydrogens is 430 g/mol. The summed E-state index contributed by atoms with van der Waals surface area (Å²) in [7, 11) is 0. The summed E-state index contributed by atoms with van der Waals surface area (Å²) >= 11 is 1.12. The van der Waals surface area contributed by atoms with Crippen molar-refractivity contribution in [2.45, 2.75) is 45.6 Å². The van der Waals surface area contributed by atoms with Crippen LogP contribution in [0, 0.1) is 13.8 Å². The van der Waals surface area contributed by atoms with E-state index in [1.807, 2.05) is 32.0 Å². The highest BCUT2D eigenvalue weighted by Crippen LogP contribution is 2.24. The number of rotatable bonds is 9. The molecule has 0 fully saturated rings. The van der Waals surface area contributed by atoms with Gasteiger partial charge in [-0.2, -0.15) is 0 Å². The number of anilines is 1. The minimum Gasteiger partial charge on any atom is -0.483 e. The zero-order chi connectivity index (χ0) is 23.1. The molecule has 0 radical (unpaired) electrons. The number of benzene rings is 2. The second kappa shape index (κ2) is 10.8. The monoisotopic (exact) mass is 455 g/mol. The molecule has 32 heavy (non-hydrogen) atoms. The van der Waals surface area contributed by atoms with Crippen molar-refractivity contribution in [3.8, 4) is 5.75 Å². The van der Waals surface area contributed by atoms with Gasteiger partial charge in [0.25, 0.3) is 11.1 Å². The SMILES string of the molecule is Cc1cccc(C)c1OCc1nnc(SCC(=O)Nc2cccc(C(=O)OC(C)C)c2)o1. The van der Waals surface area contributed by atoms with Gasteiger partial charge in [0.1, 0.15) is 5.75 Å². The molecule has 0 spiro atoms. The van der Waals surface area contributed by atoms with E-state index in [2.05, 4.69) is 15.5 Å². The molecule has 0 aliphatic rings. The smallest absolute Gasteiger partial charge is 0.338 e. The first-order chi connectivity index (χ1) is 15.3. The standard InChI is InChI=1S/C23H25N3O5S/c1-14(2)30-22(28)17-9-6-10-18(11-17)24-19(27)13-32-23-26-25-20(31-23)12-29-21-15(3)7-5-8-16(21)4/h5-11,14H,12-13H2,1-4H3,(H,24,27). The Morgan fingerprint density at radius 2 is 1.81 bits per heavy atom. The molecule has 9 heteroatoms. The van der Waals surface area contributed by atoms with Crippen molar-refractivity contribution in [1.29, 1.82) is 0 Å². The lowest BCUT2D eigenvalue weighted by molar-refractivity contribution is -0.113. The van der Waals surface area contributed by atoms with Crippen molar-refractivity contribution in [3.05, 3.63) is 65.0 Å². The fourth-order valence-corrected chi connectivity index (χ4v) is 3.43. The van der Waals surface area contributed by atoms with Gasteiger partial charge in [-0.1, -0.05) is 36.0 Å². The number of para-hydroxylation sites is 1. The molecule has 8 nitrogen and oxygen atoms in total. The molecule has 1 N–H and O–H groups in total. The topological polar surface area (TPSA) is 104 Å². The van der Waals surface area contributed by atoms with Gasteiger partial charge in [0, 0.05) is 5.69 Å². The molecule has 1 aromatic heterocycles. The van der Waals surface area contributed by atoms with Crippen molar-refractivity contribution in [1.82, 2.24) is 10.2 Å². The molecule has 0 atom stereocenters. The van der Waals surface area contributed by atoms with Crippen LogP contribution in [-0.2, 0) is 16.1 Å². The first-order valence-corrected chi connectivity index (χ1v) is 11.1. The van der Waals surface area contributed by atoms with Gasteiger partial charge in [0.05, 0.1) is 17.4 Å². The third kappa shape index (κ3) is 6.58. The first kappa shape index (κ1) is 23.3. The normalized spacial score (nSPS) is 10.8. The van der Waals surface area contributed by atoms with E-state index in [0.29, 0.717) is 17.1 Å². The van der Waals surface area contributed by atoms with E-state index in [-0.39, 0.29) is 29.6 Å². The van der Waals surface area contributed by atoms with Gasteiger partial charge in [-0.15, -0.1) is 10.2 Å². The van der Waals surface area contributed by atoms with Gasteiger partial charge in [-0.25, -0.2) is 4.79 Å². The van der Waals surface area contributed by atoms with Crippen LogP contribution in [0.3, 0.4) is 0 Å². The summed E-state index contributed by atoms with van der Waals surface area (Å²) in [4.78, 5) is 24.3. The zero-order valence-corrected chi connectivity index (χ0v) is 19.2. The Kier molecular flexibility index (Phi) is 7.88. The van der Waals surface area contributed by atoms with Crippen molar-refractivity contribution < 1.29 is 23.5 Å². The van der Waals surface area contributed by atoms with Crippen LogP contribution < -0.4 is 10.1 Å². The molecule has 0 aliphatic heterocycles. The minimum atomic E-state index is -0.438. The molecule has 168 valence electrons. The largest absolute Gasteiger partial charge is 0.483 e. The Hall–Kier alpha value is -3.33. The Bertz CT molecular complexity index is 1080. The molecular formula is C23H25N3O5S. The number of esters is 1. The number of carbonyl (C=O) groups excluding carboxylic acids is 2. The van der Waals surface area contributed by atoms with Gasteiger partial charge in [0.15, 0.2) is 6.61 Å². The van der Waals surface area contributed by atoms with E-state index in [0.717, 1.165) is 28.6 Å². The maximum Gasteiger partial charge on any atom is 0.338 e. The average Bonchev–Trinajstić information content (AvgIpc) is 3.19. The van der Waals surface area contributed by atoms with Crippen molar-refractivity contribution in [3.63, 3.8) is 0 Å². The first-order valence-electron chi connectivity index (χ1n) is 10.1. The van der Waals surface area contributed by atoms with Crippen LogP contribution in [0.25, 0.3) is 0 Å². The number of hydrogen-bond donors (Lipinski definition) is 1. The fraction of sp³-hybridized carbons (Fsp3) is 0.304. The summed E-state index contributed by atoms with van der Waals surface area (Å²) in [6, 6.07) is 12.5. The molecule has 1 heterocycles. The quantitative estimate of drug-likeness (QED) is 0.370. The van der Waals surface area contributed by atoms with Crippen LogP contribution in [0.4, 0.5) is 5.69 Å². The average molecular weight is 456 g/mol. The van der Waals surface area contributed by atoms with Gasteiger partial charge < -0.3 is 19.2 Å². The lowest BCUT2D eigenvalue weighted by atomic mass is 10.1. The third-order valence-corrected chi connectivity index (χ3v) is 5.07. The number of thioether (sulfide) groups is 1. The molecule has 0 aliphatic carbocycles. The van der Waals surface area contributed by atoms with Crippen LogP contribution in [-0.4, -0.2) is 33.9 Å². The van der Waals surface area contributed by atoms with Gasteiger partial charge in [-0.3, -0.25) is 4.79 Å². The Labute approximate surface area is 190 Å². The minimum absolute atomic E-state index is 0.0695. The molecule has 3 aromatic rings. The van der Waals surface area contributed by atoms with Gasteiger partial charge >= 0.3 is 5.97 Å². The highest BCUT2D eigenvalue weighted by atomic mass is 32.2. The summed E-state index contributed by atoms with van der Waals surface area (Å²) in [5.74, 6) is 0.480. The second-order valence-corrected chi connectivity index (χ2v) is 8.27. The second-order valence-electron chi connectivity index (χ2n) is 7.34. The van der Waals surface area contributed by atoms with Gasteiger partial charge in [-0.05, 0) is 57.0 Å². The zero-order valence-electron chi connectivity index (χ0n) is 18.4. The number of amides is 1. The van der Waals surface area contributed by atoms with E-state index < -0.39 is 5.97 Å². The number of aromatic nitrogens is 2. The number of nitrogens with one attached hydrogen (secondary N) is 1. The fourth-order valence-electron chi connectivity index (χ4n) is 2.85. The predicted molar refractivity (Wildman–Crippen MR) is 121 cm³/mol. The van der Waals surface area contributed by atoms with Crippen LogP contribution in [0.2, 0.25) is 0 Å². The maximum atomic E-state index is 12.3. The lowest BCUT2D eigenvalue weighted by Gasteiger charge is -2.09. The lowest BCUT2D eigenvalue weighted by Crippen LogP contribution is -2.15. The molecule has 0 saturated carbocycles. The van der Waals surface area contributed by atoms with Crippen LogP contribution in [0.15, 0.2) is 52.1 Å². The molecule has 0 unspecified atom stereocenters. The van der Waals surface area contributed by atoms with Crippen LogP contribution in [0.1, 0.15) is 41.2 Å². The van der Waals surface area contributed by atoms with Gasteiger partial charge in [0.2, 0.25) is 5.91 Å². The molecule has 3 rings (SSSR count).